The highest BCUT2D eigenvalue weighted by atomic mass is 16.3. The van der Waals surface area contributed by atoms with Gasteiger partial charge in [0.1, 0.15) is 11.2 Å². The maximum atomic E-state index is 13.3. The summed E-state index contributed by atoms with van der Waals surface area (Å²) in [5.74, 6) is 1.16. The fraction of sp³-hybridized carbons (Fsp3) is 0.400. The number of hydrogen-bond donors (Lipinski definition) is 1. The molecule has 8 heteroatoms. The summed E-state index contributed by atoms with van der Waals surface area (Å²) in [5, 5.41) is 17.8. The lowest BCUT2D eigenvalue weighted by atomic mass is 10.0. The molecule has 0 radical (unpaired) electrons. The van der Waals surface area contributed by atoms with Crippen molar-refractivity contribution in [3.05, 3.63) is 68.9 Å². The van der Waals surface area contributed by atoms with Crippen LogP contribution in [0.4, 0.5) is 5.82 Å². The Morgan fingerprint density at radius 3 is 2.61 bits per heavy atom. The summed E-state index contributed by atoms with van der Waals surface area (Å²) in [6.45, 7) is 2.14. The van der Waals surface area contributed by atoms with Gasteiger partial charge in [-0.1, -0.05) is 42.5 Å². The number of fused-ring (bicyclic) bond motifs is 2. The van der Waals surface area contributed by atoms with Crippen LogP contribution in [0.3, 0.4) is 0 Å². The van der Waals surface area contributed by atoms with Gasteiger partial charge in [-0.05, 0) is 41.5 Å². The molecule has 2 aromatic carbocycles. The zero-order valence-corrected chi connectivity index (χ0v) is 18.6. The molecule has 1 atom stereocenters. The van der Waals surface area contributed by atoms with Gasteiger partial charge in [-0.15, -0.1) is 0 Å². The second-order valence-electron chi connectivity index (χ2n) is 9.41. The van der Waals surface area contributed by atoms with Crippen LogP contribution in [0.15, 0.2) is 52.1 Å². The van der Waals surface area contributed by atoms with Crippen LogP contribution in [0.1, 0.15) is 24.8 Å². The van der Waals surface area contributed by atoms with Gasteiger partial charge in [0.2, 0.25) is 0 Å². The Morgan fingerprint density at radius 2 is 1.85 bits per heavy atom. The van der Waals surface area contributed by atoms with E-state index in [4.69, 9.17) is 5.10 Å². The van der Waals surface area contributed by atoms with Crippen LogP contribution in [0, 0.1) is 5.92 Å². The zero-order chi connectivity index (χ0) is 22.7. The van der Waals surface area contributed by atoms with Gasteiger partial charge < -0.3 is 10.0 Å². The van der Waals surface area contributed by atoms with E-state index in [-0.39, 0.29) is 11.2 Å². The summed E-state index contributed by atoms with van der Waals surface area (Å²) in [4.78, 5) is 28.4. The molecule has 0 amide bonds. The maximum absolute atomic E-state index is 13.3. The van der Waals surface area contributed by atoms with Crippen LogP contribution < -0.4 is 16.1 Å². The maximum Gasteiger partial charge on any atom is 0.332 e. The second kappa shape index (κ2) is 7.59. The Morgan fingerprint density at radius 1 is 1.06 bits per heavy atom. The van der Waals surface area contributed by atoms with Crippen molar-refractivity contribution in [2.75, 3.05) is 18.0 Å². The monoisotopic (exact) mass is 445 g/mol. The molecule has 2 aromatic heterocycles. The van der Waals surface area contributed by atoms with Crippen LogP contribution in [-0.2, 0) is 20.1 Å². The molecular formula is C25H27N5O3. The van der Waals surface area contributed by atoms with E-state index in [1.165, 1.54) is 11.6 Å². The molecule has 0 spiro atoms. The van der Waals surface area contributed by atoms with E-state index in [9.17, 15) is 14.7 Å². The van der Waals surface area contributed by atoms with Crippen molar-refractivity contribution in [3.63, 3.8) is 0 Å². The molecule has 33 heavy (non-hydrogen) atoms. The number of anilines is 1. The normalized spacial score (nSPS) is 18.6. The Labute approximate surface area is 190 Å². The van der Waals surface area contributed by atoms with Crippen molar-refractivity contribution < 1.29 is 5.11 Å². The number of aliphatic hydroxyl groups excluding tert-OH is 1. The van der Waals surface area contributed by atoms with E-state index < -0.39 is 6.10 Å². The molecule has 1 N–H and O–H groups in total. The number of nitrogens with zero attached hydrogens (tertiary/aromatic N) is 5. The van der Waals surface area contributed by atoms with Crippen molar-refractivity contribution >= 4 is 27.6 Å². The van der Waals surface area contributed by atoms with Crippen molar-refractivity contribution in [1.82, 2.24) is 18.9 Å². The third-order valence-electron chi connectivity index (χ3n) is 7.00. The number of β-amino-alcohol motifs (C(OH)–C–C–N with tert-alkyl or cyclic N) is 1. The average Bonchev–Trinajstić information content (AvgIpc) is 3.42. The topological polar surface area (TPSA) is 85.3 Å². The van der Waals surface area contributed by atoms with E-state index in [1.807, 2.05) is 27.8 Å². The first kappa shape index (κ1) is 20.2. The minimum absolute atomic E-state index is 0.317. The number of aliphatic hydroxyl groups is 1. The highest BCUT2D eigenvalue weighted by Crippen LogP contribution is 2.33. The van der Waals surface area contributed by atoms with Gasteiger partial charge in [0.15, 0.2) is 5.65 Å². The molecule has 1 saturated heterocycles. The van der Waals surface area contributed by atoms with Crippen molar-refractivity contribution in [3.8, 4) is 0 Å². The van der Waals surface area contributed by atoms with E-state index >= 15 is 0 Å². The van der Waals surface area contributed by atoms with Crippen LogP contribution >= 0.6 is 0 Å². The fourth-order valence-electron chi connectivity index (χ4n) is 5.03. The lowest BCUT2D eigenvalue weighted by Crippen LogP contribution is -2.39. The van der Waals surface area contributed by atoms with Crippen LogP contribution in [0.25, 0.3) is 21.8 Å². The van der Waals surface area contributed by atoms with Gasteiger partial charge in [-0.2, -0.15) is 5.10 Å². The largest absolute Gasteiger partial charge is 0.391 e. The van der Waals surface area contributed by atoms with Crippen molar-refractivity contribution in [2.24, 2.45) is 13.0 Å². The number of rotatable bonds is 5. The summed E-state index contributed by atoms with van der Waals surface area (Å²) in [6, 6.07) is 14.4. The summed E-state index contributed by atoms with van der Waals surface area (Å²) in [7, 11) is 1.54. The molecule has 6 rings (SSSR count). The molecule has 0 bridgehead atoms. The van der Waals surface area contributed by atoms with Gasteiger partial charge in [0.05, 0.1) is 12.6 Å². The minimum Gasteiger partial charge on any atom is -0.391 e. The standard InChI is InChI=1S/C25H27N5O3/c1-27-24(32)21-22(29(25(27)33)13-16-9-10-16)26-30(23(21)28-12-11-19(31)15-28)14-18-7-4-6-17-5-2-3-8-20(17)18/h2-8,16,19,31H,9-15H2,1H3/t19-/m1/s1. The van der Waals surface area contributed by atoms with Crippen molar-refractivity contribution in [1.29, 1.82) is 0 Å². The van der Waals surface area contributed by atoms with Crippen LogP contribution in [0.5, 0.6) is 0 Å². The van der Waals surface area contributed by atoms with E-state index in [1.54, 1.807) is 4.57 Å². The summed E-state index contributed by atoms with van der Waals surface area (Å²) >= 11 is 0. The van der Waals surface area contributed by atoms with Gasteiger partial charge in [0, 0.05) is 26.7 Å². The van der Waals surface area contributed by atoms with Crippen molar-refractivity contribution in [2.45, 2.75) is 38.5 Å². The molecule has 4 aromatic rings. The Bertz CT molecular complexity index is 1490. The predicted octanol–water partition coefficient (Wildman–Crippen LogP) is 2.08. The summed E-state index contributed by atoms with van der Waals surface area (Å²) in [6.07, 6.45) is 2.39. The van der Waals surface area contributed by atoms with Gasteiger partial charge >= 0.3 is 5.69 Å². The molecule has 1 saturated carbocycles. The van der Waals surface area contributed by atoms with Gasteiger partial charge in [-0.3, -0.25) is 13.9 Å². The quantitative estimate of drug-likeness (QED) is 0.508. The predicted molar refractivity (Wildman–Crippen MR) is 128 cm³/mol. The SMILES string of the molecule is Cn1c(=O)c2c(N3CC[C@@H](O)C3)n(Cc3cccc4ccccc34)nc2n(CC2CC2)c1=O. The Balaban J connectivity index is 1.59. The lowest BCUT2D eigenvalue weighted by Gasteiger charge is -2.20. The smallest absolute Gasteiger partial charge is 0.332 e. The Hall–Kier alpha value is -3.39. The molecule has 0 unspecified atom stereocenters. The zero-order valence-electron chi connectivity index (χ0n) is 18.6. The fourth-order valence-corrected chi connectivity index (χ4v) is 5.03. The van der Waals surface area contributed by atoms with Crippen LogP contribution in [-0.4, -0.2) is 43.2 Å². The summed E-state index contributed by atoms with van der Waals surface area (Å²) < 4.78 is 4.73. The third kappa shape index (κ3) is 3.36. The molecule has 8 nitrogen and oxygen atoms in total. The third-order valence-corrected chi connectivity index (χ3v) is 7.00. The Kier molecular flexibility index (Phi) is 4.65. The molecule has 1 aliphatic heterocycles. The molecule has 170 valence electrons. The number of aromatic nitrogens is 4. The molecule has 2 fully saturated rings. The average molecular weight is 446 g/mol. The molecule has 2 aliphatic rings. The summed E-state index contributed by atoms with van der Waals surface area (Å²) in [5.41, 5.74) is 0.895. The first-order chi connectivity index (χ1) is 16.0. The van der Waals surface area contributed by atoms with Gasteiger partial charge in [-0.25, -0.2) is 9.48 Å². The molecular weight excluding hydrogens is 418 g/mol. The first-order valence-corrected chi connectivity index (χ1v) is 11.6. The second-order valence-corrected chi connectivity index (χ2v) is 9.41. The van der Waals surface area contributed by atoms with E-state index in [0.717, 1.165) is 29.2 Å². The lowest BCUT2D eigenvalue weighted by molar-refractivity contribution is 0.198. The first-order valence-electron chi connectivity index (χ1n) is 11.6. The van der Waals surface area contributed by atoms with E-state index in [0.29, 0.717) is 55.4 Å². The molecule has 1 aliphatic carbocycles. The van der Waals surface area contributed by atoms with Crippen LogP contribution in [0.2, 0.25) is 0 Å². The highest BCUT2D eigenvalue weighted by molar-refractivity contribution is 5.89. The van der Waals surface area contributed by atoms with E-state index in [2.05, 4.69) is 24.3 Å². The minimum atomic E-state index is -0.442. The number of benzene rings is 2. The van der Waals surface area contributed by atoms with Gasteiger partial charge in [0.25, 0.3) is 5.56 Å². The number of hydrogen-bond acceptors (Lipinski definition) is 5. The molecule has 3 heterocycles. The highest BCUT2D eigenvalue weighted by Gasteiger charge is 2.31.